The predicted octanol–water partition coefficient (Wildman–Crippen LogP) is 3.85. The summed E-state index contributed by atoms with van der Waals surface area (Å²) in [4.78, 5) is 7.16. The number of halogens is 2. The van der Waals surface area contributed by atoms with E-state index in [1.54, 1.807) is 13.0 Å². The van der Waals surface area contributed by atoms with Crippen LogP contribution in [0.15, 0.2) is 23.2 Å². The highest BCUT2D eigenvalue weighted by Crippen LogP contribution is 2.16. The van der Waals surface area contributed by atoms with E-state index < -0.39 is 0 Å². The van der Waals surface area contributed by atoms with E-state index in [1.165, 1.54) is 25.9 Å². The molecule has 1 unspecified atom stereocenters. The van der Waals surface area contributed by atoms with Gasteiger partial charge in [-0.05, 0) is 76.9 Å². The van der Waals surface area contributed by atoms with Gasteiger partial charge in [-0.15, -0.1) is 24.0 Å². The molecule has 0 amide bonds. The van der Waals surface area contributed by atoms with Gasteiger partial charge in [0.2, 0.25) is 0 Å². The van der Waals surface area contributed by atoms with Gasteiger partial charge in [0.1, 0.15) is 5.82 Å². The van der Waals surface area contributed by atoms with Crippen LogP contribution in [0.5, 0.6) is 0 Å². The van der Waals surface area contributed by atoms with Gasteiger partial charge in [0.25, 0.3) is 0 Å². The molecule has 1 fully saturated rings. The summed E-state index contributed by atoms with van der Waals surface area (Å²) in [5.41, 5.74) is 1.61. The van der Waals surface area contributed by atoms with Crippen molar-refractivity contribution < 1.29 is 4.39 Å². The Balaban J connectivity index is 0.00000312. The van der Waals surface area contributed by atoms with E-state index in [0.29, 0.717) is 5.56 Å². The number of nitrogens with zero attached hydrogens (tertiary/aromatic N) is 2. The molecule has 25 heavy (non-hydrogen) atoms. The van der Waals surface area contributed by atoms with Crippen LogP contribution >= 0.6 is 24.0 Å². The molecule has 0 aromatic heterocycles. The summed E-state index contributed by atoms with van der Waals surface area (Å²) >= 11 is 0. The van der Waals surface area contributed by atoms with Gasteiger partial charge in [0, 0.05) is 13.1 Å². The first-order valence-electron chi connectivity index (χ1n) is 9.13. The van der Waals surface area contributed by atoms with Crippen LogP contribution in [-0.4, -0.2) is 43.6 Å². The van der Waals surface area contributed by atoms with E-state index in [9.17, 15) is 4.39 Å². The summed E-state index contributed by atoms with van der Waals surface area (Å²) < 4.78 is 13.7. The van der Waals surface area contributed by atoms with Crippen LogP contribution < -0.4 is 10.6 Å². The second-order valence-electron chi connectivity index (χ2n) is 6.54. The molecule has 0 radical (unpaired) electrons. The van der Waals surface area contributed by atoms with Crippen LogP contribution in [0.25, 0.3) is 0 Å². The van der Waals surface area contributed by atoms with E-state index in [2.05, 4.69) is 27.4 Å². The zero-order valence-corrected chi connectivity index (χ0v) is 18.0. The number of aryl methyl sites for hydroxylation is 1. The fourth-order valence-electron chi connectivity index (χ4n) is 2.98. The lowest BCUT2D eigenvalue weighted by Gasteiger charge is -2.19. The lowest BCUT2D eigenvalue weighted by molar-refractivity contribution is 0.336. The number of guanidine groups is 1. The Bertz CT molecular complexity index is 544. The number of hydrogen-bond acceptors (Lipinski definition) is 2. The summed E-state index contributed by atoms with van der Waals surface area (Å²) in [7, 11) is 0. The molecular formula is C19H32FIN4. The third kappa shape index (κ3) is 7.48. The summed E-state index contributed by atoms with van der Waals surface area (Å²) in [5.74, 6) is 0.640. The molecule has 1 saturated heterocycles. The molecule has 6 heteroatoms. The quantitative estimate of drug-likeness (QED) is 0.280. The van der Waals surface area contributed by atoms with Gasteiger partial charge in [0.15, 0.2) is 5.96 Å². The minimum absolute atomic E-state index is 0. The Morgan fingerprint density at radius 1 is 1.32 bits per heavy atom. The standard InChI is InChI=1S/C19H31FN4.HI/c1-4-21-19(22-10-7-13-24-11-5-6-12-24)23-16(3)17-9-8-15(2)18(20)14-17;/h8-9,14,16H,4-7,10-13H2,1-3H3,(H2,21,22,23);1H. The molecule has 0 aliphatic carbocycles. The zero-order valence-electron chi connectivity index (χ0n) is 15.6. The first-order chi connectivity index (χ1) is 11.6. The zero-order chi connectivity index (χ0) is 17.4. The Morgan fingerprint density at radius 3 is 2.68 bits per heavy atom. The van der Waals surface area contributed by atoms with Crippen LogP contribution in [0.4, 0.5) is 4.39 Å². The van der Waals surface area contributed by atoms with Gasteiger partial charge in [-0.25, -0.2) is 4.39 Å². The molecule has 1 aliphatic rings. The van der Waals surface area contributed by atoms with E-state index in [4.69, 9.17) is 0 Å². The maximum Gasteiger partial charge on any atom is 0.191 e. The monoisotopic (exact) mass is 462 g/mol. The van der Waals surface area contributed by atoms with Crippen molar-refractivity contribution in [1.29, 1.82) is 0 Å². The smallest absolute Gasteiger partial charge is 0.191 e. The van der Waals surface area contributed by atoms with Crippen molar-refractivity contribution in [2.24, 2.45) is 4.99 Å². The number of hydrogen-bond donors (Lipinski definition) is 2. The van der Waals surface area contributed by atoms with E-state index >= 15 is 0 Å². The highest BCUT2D eigenvalue weighted by molar-refractivity contribution is 14.0. The van der Waals surface area contributed by atoms with Crippen LogP contribution in [0, 0.1) is 12.7 Å². The predicted molar refractivity (Wildman–Crippen MR) is 114 cm³/mol. The minimum Gasteiger partial charge on any atom is -0.357 e. The van der Waals surface area contributed by atoms with Gasteiger partial charge >= 0.3 is 0 Å². The maximum absolute atomic E-state index is 13.7. The van der Waals surface area contributed by atoms with Crippen LogP contribution in [0.3, 0.4) is 0 Å². The van der Waals surface area contributed by atoms with Crippen molar-refractivity contribution in [2.75, 3.05) is 32.7 Å². The fraction of sp³-hybridized carbons (Fsp3) is 0.632. The first-order valence-corrected chi connectivity index (χ1v) is 9.13. The van der Waals surface area contributed by atoms with Crippen molar-refractivity contribution >= 4 is 29.9 Å². The second-order valence-corrected chi connectivity index (χ2v) is 6.54. The molecule has 142 valence electrons. The number of likely N-dealkylation sites (tertiary alicyclic amines) is 1. The average Bonchev–Trinajstić information content (AvgIpc) is 3.07. The van der Waals surface area contributed by atoms with Gasteiger partial charge in [-0.1, -0.05) is 12.1 Å². The first kappa shape index (κ1) is 22.2. The SMILES string of the molecule is CCNC(=NCCCN1CCCC1)NC(C)c1ccc(C)c(F)c1.I. The molecule has 0 saturated carbocycles. The van der Waals surface area contributed by atoms with Crippen molar-refractivity contribution in [2.45, 2.75) is 46.1 Å². The van der Waals surface area contributed by atoms with Crippen molar-refractivity contribution in [3.63, 3.8) is 0 Å². The topological polar surface area (TPSA) is 39.7 Å². The third-order valence-corrected chi connectivity index (χ3v) is 4.49. The minimum atomic E-state index is -0.159. The van der Waals surface area contributed by atoms with Crippen molar-refractivity contribution in [1.82, 2.24) is 15.5 Å². The molecule has 0 spiro atoms. The second kappa shape index (κ2) is 11.7. The number of benzene rings is 1. The summed E-state index contributed by atoms with van der Waals surface area (Å²) in [6.07, 6.45) is 3.74. The third-order valence-electron chi connectivity index (χ3n) is 4.49. The lowest BCUT2D eigenvalue weighted by atomic mass is 10.1. The molecular weight excluding hydrogens is 430 g/mol. The normalized spacial score (nSPS) is 16.4. The van der Waals surface area contributed by atoms with E-state index in [0.717, 1.165) is 37.6 Å². The summed E-state index contributed by atoms with van der Waals surface area (Å²) in [6.45, 7) is 11.1. The Labute approximate surface area is 168 Å². The number of nitrogens with one attached hydrogen (secondary N) is 2. The van der Waals surface area contributed by atoms with Crippen molar-refractivity contribution in [3.8, 4) is 0 Å². The van der Waals surface area contributed by atoms with Gasteiger partial charge in [-0.3, -0.25) is 4.99 Å². The molecule has 2 N–H and O–H groups in total. The molecule has 2 rings (SSSR count). The van der Waals surface area contributed by atoms with Crippen LogP contribution in [0.2, 0.25) is 0 Å². The van der Waals surface area contributed by atoms with Crippen molar-refractivity contribution in [3.05, 3.63) is 35.1 Å². The van der Waals surface area contributed by atoms with E-state index in [-0.39, 0.29) is 35.8 Å². The highest BCUT2D eigenvalue weighted by atomic mass is 127. The average molecular weight is 462 g/mol. The Kier molecular flexibility index (Phi) is 10.3. The summed E-state index contributed by atoms with van der Waals surface area (Å²) in [5, 5.41) is 6.64. The molecule has 1 atom stereocenters. The molecule has 4 nitrogen and oxygen atoms in total. The van der Waals surface area contributed by atoms with Gasteiger partial charge < -0.3 is 15.5 Å². The lowest BCUT2D eigenvalue weighted by Crippen LogP contribution is -2.39. The molecule has 1 aromatic rings. The van der Waals surface area contributed by atoms with Gasteiger partial charge in [-0.2, -0.15) is 0 Å². The van der Waals surface area contributed by atoms with Crippen LogP contribution in [0.1, 0.15) is 50.3 Å². The number of rotatable bonds is 7. The molecule has 1 aromatic carbocycles. The Morgan fingerprint density at radius 2 is 2.04 bits per heavy atom. The van der Waals surface area contributed by atoms with Crippen LogP contribution in [-0.2, 0) is 0 Å². The largest absolute Gasteiger partial charge is 0.357 e. The maximum atomic E-state index is 13.7. The fourth-order valence-corrected chi connectivity index (χ4v) is 2.98. The molecule has 1 heterocycles. The number of aliphatic imine (C=N–C) groups is 1. The molecule has 0 bridgehead atoms. The Hall–Kier alpha value is -0.890. The molecule has 1 aliphatic heterocycles. The summed E-state index contributed by atoms with van der Waals surface area (Å²) in [6, 6.07) is 5.40. The van der Waals surface area contributed by atoms with Gasteiger partial charge in [0.05, 0.1) is 6.04 Å². The highest BCUT2D eigenvalue weighted by Gasteiger charge is 2.11. The van der Waals surface area contributed by atoms with E-state index in [1.807, 2.05) is 19.1 Å².